The fourth-order valence-electron chi connectivity index (χ4n) is 3.16. The van der Waals surface area contributed by atoms with Gasteiger partial charge in [0.05, 0.1) is 5.69 Å². The van der Waals surface area contributed by atoms with Crippen molar-refractivity contribution >= 4 is 5.97 Å². The summed E-state index contributed by atoms with van der Waals surface area (Å²) in [6, 6.07) is 0. The lowest BCUT2D eigenvalue weighted by Gasteiger charge is -2.27. The molecule has 0 radical (unpaired) electrons. The number of aromatic nitrogens is 1. The van der Waals surface area contributed by atoms with Crippen LogP contribution in [0.3, 0.4) is 0 Å². The van der Waals surface area contributed by atoms with Gasteiger partial charge in [-0.05, 0) is 32.1 Å². The van der Waals surface area contributed by atoms with Crippen LogP contribution in [0.1, 0.15) is 68.1 Å². The van der Waals surface area contributed by atoms with Crippen molar-refractivity contribution in [1.29, 1.82) is 0 Å². The first kappa shape index (κ1) is 13.1. The molecule has 2 rings (SSSR count). The number of hydrogen-bond acceptors (Lipinski definition) is 3. The molecule has 1 aliphatic rings. The molecule has 1 aromatic heterocycles. The third-order valence-corrected chi connectivity index (χ3v) is 3.80. The Kier molecular flexibility index (Phi) is 3.46. The summed E-state index contributed by atoms with van der Waals surface area (Å²) in [5, 5.41) is 9.05. The number of aromatic carboxylic acids is 1. The van der Waals surface area contributed by atoms with E-state index in [1.165, 1.54) is 12.8 Å². The van der Waals surface area contributed by atoms with E-state index >= 15 is 0 Å². The number of carboxylic acids is 1. The van der Waals surface area contributed by atoms with Gasteiger partial charge >= 0.3 is 5.97 Å². The maximum Gasteiger partial charge on any atom is 0.373 e. The normalized spacial score (nSPS) is 18.4. The second-order valence-corrected chi connectivity index (χ2v) is 5.82. The average molecular weight is 251 g/mol. The molecule has 1 heterocycles. The molecule has 1 aromatic rings. The number of hydrogen-bond donors (Lipinski definition) is 1. The number of rotatable bonds is 4. The highest BCUT2D eigenvalue weighted by molar-refractivity contribution is 5.85. The lowest BCUT2D eigenvalue weighted by Crippen LogP contribution is -2.24. The molecule has 4 heteroatoms. The van der Waals surface area contributed by atoms with Gasteiger partial charge in [0.1, 0.15) is 0 Å². The van der Waals surface area contributed by atoms with Crippen molar-refractivity contribution < 1.29 is 14.3 Å². The topological polar surface area (TPSA) is 63.3 Å². The molecular formula is C14H21NO3. The number of nitrogens with zero attached hydrogens (tertiary/aromatic N) is 1. The molecule has 0 aromatic carbocycles. The maximum atomic E-state index is 11.0. The predicted molar refractivity (Wildman–Crippen MR) is 67.8 cm³/mol. The van der Waals surface area contributed by atoms with Gasteiger partial charge in [0.25, 0.3) is 0 Å². The van der Waals surface area contributed by atoms with Crippen molar-refractivity contribution in [3.63, 3.8) is 0 Å². The Morgan fingerprint density at radius 3 is 2.50 bits per heavy atom. The van der Waals surface area contributed by atoms with Gasteiger partial charge in [0.15, 0.2) is 0 Å². The largest absolute Gasteiger partial charge is 0.475 e. The van der Waals surface area contributed by atoms with Gasteiger partial charge in [-0.3, -0.25) is 0 Å². The maximum absolute atomic E-state index is 11.0. The third kappa shape index (κ3) is 2.28. The van der Waals surface area contributed by atoms with Crippen LogP contribution in [0.5, 0.6) is 0 Å². The lowest BCUT2D eigenvalue weighted by molar-refractivity contribution is 0.0655. The minimum Gasteiger partial charge on any atom is -0.475 e. The minimum atomic E-state index is -1.02. The second-order valence-electron chi connectivity index (χ2n) is 5.82. The van der Waals surface area contributed by atoms with Crippen LogP contribution in [0.4, 0.5) is 0 Å². The highest BCUT2D eigenvalue weighted by Gasteiger charge is 2.41. The summed E-state index contributed by atoms with van der Waals surface area (Å²) in [6.07, 6.45) is 5.49. The summed E-state index contributed by atoms with van der Waals surface area (Å²) in [6.45, 7) is 6.08. The van der Waals surface area contributed by atoms with Crippen LogP contribution in [-0.2, 0) is 5.41 Å². The van der Waals surface area contributed by atoms with E-state index in [9.17, 15) is 4.79 Å². The first-order valence-corrected chi connectivity index (χ1v) is 6.66. The van der Waals surface area contributed by atoms with Gasteiger partial charge in [-0.2, -0.15) is 0 Å². The molecule has 1 aliphatic carbocycles. The van der Waals surface area contributed by atoms with Crippen molar-refractivity contribution in [2.75, 3.05) is 0 Å². The second kappa shape index (κ2) is 4.75. The van der Waals surface area contributed by atoms with Crippen LogP contribution in [0, 0.1) is 12.8 Å². The van der Waals surface area contributed by atoms with Gasteiger partial charge in [-0.1, -0.05) is 26.7 Å². The number of aryl methyl sites for hydroxylation is 1. The fraction of sp³-hybridized carbons (Fsp3) is 0.714. The zero-order chi connectivity index (χ0) is 13.3. The van der Waals surface area contributed by atoms with E-state index in [2.05, 4.69) is 18.8 Å². The van der Waals surface area contributed by atoms with E-state index in [0.29, 0.717) is 17.5 Å². The molecule has 0 spiro atoms. The van der Waals surface area contributed by atoms with E-state index in [1.807, 2.05) is 0 Å². The van der Waals surface area contributed by atoms with Crippen molar-refractivity contribution in [3.8, 4) is 0 Å². The molecule has 100 valence electrons. The average Bonchev–Trinajstić information content (AvgIpc) is 2.84. The quantitative estimate of drug-likeness (QED) is 0.889. The molecule has 1 fully saturated rings. The fourth-order valence-corrected chi connectivity index (χ4v) is 3.16. The van der Waals surface area contributed by atoms with Crippen LogP contribution in [0.15, 0.2) is 4.42 Å². The molecule has 1 N–H and O–H groups in total. The van der Waals surface area contributed by atoms with E-state index in [4.69, 9.17) is 9.52 Å². The molecule has 0 unspecified atom stereocenters. The van der Waals surface area contributed by atoms with Crippen LogP contribution < -0.4 is 0 Å². The molecule has 4 nitrogen and oxygen atoms in total. The summed E-state index contributed by atoms with van der Waals surface area (Å²) in [7, 11) is 0. The first-order valence-electron chi connectivity index (χ1n) is 6.66. The smallest absolute Gasteiger partial charge is 0.373 e. The Balaban J connectivity index is 2.37. The Morgan fingerprint density at radius 2 is 2.06 bits per heavy atom. The Labute approximate surface area is 107 Å². The highest BCUT2D eigenvalue weighted by Crippen LogP contribution is 2.45. The molecule has 1 saturated carbocycles. The first-order chi connectivity index (χ1) is 8.44. The lowest BCUT2D eigenvalue weighted by atomic mass is 9.78. The van der Waals surface area contributed by atoms with Gasteiger partial charge in [0.2, 0.25) is 11.7 Å². The number of oxazole rings is 1. The van der Waals surface area contributed by atoms with Gasteiger partial charge < -0.3 is 9.52 Å². The van der Waals surface area contributed by atoms with E-state index in [-0.39, 0.29) is 11.2 Å². The van der Waals surface area contributed by atoms with Crippen molar-refractivity contribution in [2.24, 2.45) is 5.92 Å². The highest BCUT2D eigenvalue weighted by atomic mass is 16.4. The summed E-state index contributed by atoms with van der Waals surface area (Å²) < 4.78 is 5.55. The van der Waals surface area contributed by atoms with Gasteiger partial charge in [-0.25, -0.2) is 9.78 Å². The molecule has 0 atom stereocenters. The van der Waals surface area contributed by atoms with Crippen LogP contribution in [-0.4, -0.2) is 16.1 Å². The van der Waals surface area contributed by atoms with Crippen LogP contribution in [0.2, 0.25) is 0 Å². The molecular weight excluding hydrogens is 230 g/mol. The van der Waals surface area contributed by atoms with Crippen molar-refractivity contribution in [3.05, 3.63) is 17.3 Å². The van der Waals surface area contributed by atoms with Crippen LogP contribution >= 0.6 is 0 Å². The molecule has 0 aliphatic heterocycles. The van der Waals surface area contributed by atoms with E-state index in [0.717, 1.165) is 19.3 Å². The zero-order valence-electron chi connectivity index (χ0n) is 11.3. The summed E-state index contributed by atoms with van der Waals surface area (Å²) in [5.41, 5.74) is 0.458. The third-order valence-electron chi connectivity index (χ3n) is 3.80. The van der Waals surface area contributed by atoms with Crippen molar-refractivity contribution in [1.82, 2.24) is 4.98 Å². The monoisotopic (exact) mass is 251 g/mol. The SMILES string of the molecule is Cc1nc(C2(CC(C)C)CCCC2)oc1C(=O)O. The Morgan fingerprint density at radius 1 is 1.44 bits per heavy atom. The Hall–Kier alpha value is -1.32. The molecule has 0 amide bonds. The summed E-state index contributed by atoms with van der Waals surface area (Å²) in [4.78, 5) is 15.4. The number of carboxylic acid groups (broad SMARTS) is 1. The number of carbonyl (C=O) groups is 1. The van der Waals surface area contributed by atoms with E-state index in [1.54, 1.807) is 6.92 Å². The van der Waals surface area contributed by atoms with Crippen LogP contribution in [0.25, 0.3) is 0 Å². The molecule has 18 heavy (non-hydrogen) atoms. The zero-order valence-corrected chi connectivity index (χ0v) is 11.3. The molecule has 0 saturated heterocycles. The standard InChI is InChI=1S/C14H21NO3/c1-9(2)8-14(6-4-5-7-14)13-15-10(3)11(18-13)12(16)17/h9H,4-8H2,1-3H3,(H,16,17). The van der Waals surface area contributed by atoms with E-state index < -0.39 is 5.97 Å². The summed E-state index contributed by atoms with van der Waals surface area (Å²) >= 11 is 0. The predicted octanol–water partition coefficient (Wildman–Crippen LogP) is 3.54. The van der Waals surface area contributed by atoms with Gasteiger partial charge in [0, 0.05) is 5.41 Å². The van der Waals surface area contributed by atoms with Gasteiger partial charge in [-0.15, -0.1) is 0 Å². The Bertz CT molecular complexity index is 442. The minimum absolute atomic E-state index is 0.0000288. The summed E-state index contributed by atoms with van der Waals surface area (Å²) in [5.74, 6) is 0.177. The van der Waals surface area contributed by atoms with Crippen molar-refractivity contribution in [2.45, 2.75) is 58.3 Å². The molecule has 0 bridgehead atoms.